The van der Waals surface area contributed by atoms with Gasteiger partial charge in [0.15, 0.2) is 0 Å². The number of rotatable bonds is 5. The predicted octanol–water partition coefficient (Wildman–Crippen LogP) is -1.24. The van der Waals surface area contributed by atoms with Gasteiger partial charge in [0.2, 0.25) is 5.91 Å². The van der Waals surface area contributed by atoms with E-state index in [9.17, 15) is 14.4 Å². The van der Waals surface area contributed by atoms with Crippen LogP contribution in [-0.4, -0.2) is 59.2 Å². The Balaban J connectivity index is 1.57. The van der Waals surface area contributed by atoms with E-state index in [1.165, 1.54) is 16.8 Å². The van der Waals surface area contributed by atoms with Crippen molar-refractivity contribution < 1.29 is 9.53 Å². The molecule has 1 aliphatic heterocycles. The molecule has 1 aliphatic carbocycles. The lowest BCUT2D eigenvalue weighted by atomic mass is 9.71. The zero-order chi connectivity index (χ0) is 16.6. The minimum absolute atomic E-state index is 0.0923. The van der Waals surface area contributed by atoms with Crippen molar-refractivity contribution in [2.24, 2.45) is 5.92 Å². The summed E-state index contributed by atoms with van der Waals surface area (Å²) in [6.07, 6.45) is 2.78. The van der Waals surface area contributed by atoms with E-state index in [2.05, 4.69) is 15.2 Å². The second-order valence-electron chi connectivity index (χ2n) is 6.39. The van der Waals surface area contributed by atoms with Crippen LogP contribution in [0.2, 0.25) is 0 Å². The summed E-state index contributed by atoms with van der Waals surface area (Å²) in [7, 11) is 3.98. The van der Waals surface area contributed by atoms with Crippen molar-refractivity contribution >= 4 is 5.91 Å². The van der Waals surface area contributed by atoms with E-state index in [-0.39, 0.29) is 37.1 Å². The van der Waals surface area contributed by atoms with Crippen molar-refractivity contribution in [3.63, 3.8) is 0 Å². The van der Waals surface area contributed by atoms with Gasteiger partial charge in [0.25, 0.3) is 5.56 Å². The third-order valence-electron chi connectivity index (χ3n) is 4.75. The molecule has 2 heterocycles. The minimum atomic E-state index is -0.496. The fourth-order valence-corrected chi connectivity index (χ4v) is 3.58. The van der Waals surface area contributed by atoms with E-state index in [0.717, 1.165) is 13.0 Å². The molecule has 1 saturated heterocycles. The highest BCUT2D eigenvalue weighted by Crippen LogP contribution is 2.41. The SMILES string of the molecule is CN(C)[C@H]1[C@H](NC(=O)CCn2ccc(=O)[nH]c2=O)[C@@H]2CCO[C@@H]21. The second-order valence-corrected chi connectivity index (χ2v) is 6.39. The Labute approximate surface area is 133 Å². The van der Waals surface area contributed by atoms with Gasteiger partial charge in [-0.1, -0.05) is 0 Å². The zero-order valence-electron chi connectivity index (χ0n) is 13.3. The third kappa shape index (κ3) is 3.09. The van der Waals surface area contributed by atoms with Gasteiger partial charge in [0.05, 0.1) is 18.2 Å². The Morgan fingerprint density at radius 3 is 2.96 bits per heavy atom. The molecule has 1 amide bonds. The first-order chi connectivity index (χ1) is 11.0. The van der Waals surface area contributed by atoms with E-state index >= 15 is 0 Å². The fraction of sp³-hybridized carbons (Fsp3) is 0.667. The van der Waals surface area contributed by atoms with Crippen LogP contribution in [0, 0.1) is 5.92 Å². The van der Waals surface area contributed by atoms with Crippen LogP contribution in [0.25, 0.3) is 0 Å². The number of hydrogen-bond acceptors (Lipinski definition) is 5. The molecule has 0 radical (unpaired) electrons. The lowest BCUT2D eigenvalue weighted by molar-refractivity contribution is -0.128. The normalized spacial score (nSPS) is 29.2. The van der Waals surface area contributed by atoms with Crippen molar-refractivity contribution in [3.8, 4) is 0 Å². The number of carbonyl (C=O) groups is 1. The number of likely N-dealkylation sites (N-methyl/N-ethyl adjacent to an activating group) is 1. The third-order valence-corrected chi connectivity index (χ3v) is 4.75. The van der Waals surface area contributed by atoms with E-state index in [1.54, 1.807) is 0 Å². The smallest absolute Gasteiger partial charge is 0.328 e. The number of nitrogens with one attached hydrogen (secondary N) is 2. The van der Waals surface area contributed by atoms with Crippen molar-refractivity contribution in [1.82, 2.24) is 19.8 Å². The maximum absolute atomic E-state index is 12.2. The second kappa shape index (κ2) is 6.29. The van der Waals surface area contributed by atoms with E-state index in [0.29, 0.717) is 5.92 Å². The van der Waals surface area contributed by atoms with Gasteiger partial charge in [-0.05, 0) is 20.5 Å². The molecule has 126 valence electrons. The molecule has 0 spiro atoms. The average molecular weight is 322 g/mol. The van der Waals surface area contributed by atoms with Crippen LogP contribution in [0.1, 0.15) is 12.8 Å². The monoisotopic (exact) mass is 322 g/mol. The van der Waals surface area contributed by atoms with Crippen molar-refractivity contribution in [1.29, 1.82) is 0 Å². The van der Waals surface area contributed by atoms with Crippen LogP contribution in [-0.2, 0) is 16.1 Å². The van der Waals surface area contributed by atoms with Crippen molar-refractivity contribution in [2.75, 3.05) is 20.7 Å². The van der Waals surface area contributed by atoms with Crippen LogP contribution in [0.15, 0.2) is 21.9 Å². The maximum atomic E-state index is 12.2. The number of aromatic amines is 1. The lowest BCUT2D eigenvalue weighted by Gasteiger charge is -2.50. The number of aromatic nitrogens is 2. The predicted molar refractivity (Wildman–Crippen MR) is 83.2 cm³/mol. The molecule has 0 aromatic carbocycles. The van der Waals surface area contributed by atoms with E-state index < -0.39 is 11.2 Å². The molecule has 1 aromatic heterocycles. The minimum Gasteiger partial charge on any atom is -0.376 e. The molecule has 23 heavy (non-hydrogen) atoms. The van der Waals surface area contributed by atoms with Gasteiger partial charge >= 0.3 is 5.69 Å². The van der Waals surface area contributed by atoms with Gasteiger partial charge in [-0.3, -0.25) is 14.6 Å². The maximum Gasteiger partial charge on any atom is 0.328 e. The highest BCUT2D eigenvalue weighted by atomic mass is 16.5. The summed E-state index contributed by atoms with van der Waals surface area (Å²) < 4.78 is 7.05. The number of hydrogen-bond donors (Lipinski definition) is 2. The zero-order valence-corrected chi connectivity index (χ0v) is 13.3. The van der Waals surface area contributed by atoms with Gasteiger partial charge < -0.3 is 19.5 Å². The Bertz CT molecular complexity index is 695. The standard InChI is InChI=1S/C15H22N4O4/c1-18(2)13-12(9-5-8-23-14(9)13)16-10(20)3-6-19-7-4-11(21)17-15(19)22/h4,7,9,12-14H,3,5-6,8H2,1-2H3,(H,16,20)(H,17,21,22)/t9-,12+,13-,14-/m0/s1. The Morgan fingerprint density at radius 1 is 1.48 bits per heavy atom. The van der Waals surface area contributed by atoms with Crippen LogP contribution in [0.3, 0.4) is 0 Å². The summed E-state index contributed by atoms with van der Waals surface area (Å²) in [5.74, 6) is 0.285. The van der Waals surface area contributed by atoms with Gasteiger partial charge in [0.1, 0.15) is 0 Å². The number of carbonyl (C=O) groups excluding carboxylic acids is 1. The molecule has 2 N–H and O–H groups in total. The molecule has 2 aliphatic rings. The molecular formula is C15H22N4O4. The molecule has 8 nitrogen and oxygen atoms in total. The molecule has 1 saturated carbocycles. The van der Waals surface area contributed by atoms with Gasteiger partial charge in [-0.15, -0.1) is 0 Å². The summed E-state index contributed by atoms with van der Waals surface area (Å²) in [6.45, 7) is 0.990. The topological polar surface area (TPSA) is 96.4 Å². The summed E-state index contributed by atoms with van der Waals surface area (Å²) in [5, 5.41) is 3.07. The molecule has 0 unspecified atom stereocenters. The molecule has 3 rings (SSSR count). The number of fused-ring (bicyclic) bond motifs is 1. The molecule has 8 heteroatoms. The summed E-state index contributed by atoms with van der Waals surface area (Å²) in [4.78, 5) is 39.1. The summed E-state index contributed by atoms with van der Waals surface area (Å²) in [5.41, 5.74) is -0.935. The van der Waals surface area contributed by atoms with Crippen LogP contribution in [0.5, 0.6) is 0 Å². The molecule has 4 atom stereocenters. The van der Waals surface area contributed by atoms with Gasteiger partial charge in [-0.2, -0.15) is 0 Å². The Kier molecular flexibility index (Phi) is 4.36. The number of aryl methyl sites for hydroxylation is 1. The average Bonchev–Trinajstić information content (AvgIpc) is 2.87. The van der Waals surface area contributed by atoms with Gasteiger partial charge in [0, 0.05) is 37.8 Å². The van der Waals surface area contributed by atoms with E-state index in [4.69, 9.17) is 4.74 Å². The first kappa shape index (κ1) is 15.9. The molecular weight excluding hydrogens is 300 g/mol. The highest BCUT2D eigenvalue weighted by molar-refractivity contribution is 5.76. The van der Waals surface area contributed by atoms with Crippen LogP contribution in [0.4, 0.5) is 0 Å². The summed E-state index contributed by atoms with van der Waals surface area (Å²) in [6, 6.07) is 1.56. The first-order valence-electron chi connectivity index (χ1n) is 7.84. The summed E-state index contributed by atoms with van der Waals surface area (Å²) >= 11 is 0. The van der Waals surface area contributed by atoms with E-state index in [1.807, 2.05) is 14.1 Å². The number of nitrogens with zero attached hydrogens (tertiary/aromatic N) is 2. The Hall–Kier alpha value is -1.93. The van der Waals surface area contributed by atoms with Crippen molar-refractivity contribution in [2.45, 2.75) is 37.6 Å². The molecule has 1 aromatic rings. The van der Waals surface area contributed by atoms with Gasteiger partial charge in [-0.25, -0.2) is 4.79 Å². The van der Waals surface area contributed by atoms with Crippen molar-refractivity contribution in [3.05, 3.63) is 33.1 Å². The fourth-order valence-electron chi connectivity index (χ4n) is 3.58. The largest absolute Gasteiger partial charge is 0.376 e. The molecule has 2 fully saturated rings. The lowest BCUT2D eigenvalue weighted by Crippen LogP contribution is -2.69. The number of amides is 1. The Morgan fingerprint density at radius 2 is 2.26 bits per heavy atom. The first-order valence-corrected chi connectivity index (χ1v) is 7.84. The molecule has 0 bridgehead atoms. The number of H-pyrrole nitrogens is 1. The van der Waals surface area contributed by atoms with Crippen LogP contribution < -0.4 is 16.6 Å². The van der Waals surface area contributed by atoms with Crippen LogP contribution >= 0.6 is 0 Å². The number of ether oxygens (including phenoxy) is 1. The quantitative estimate of drug-likeness (QED) is 0.707. The highest BCUT2D eigenvalue weighted by Gasteiger charge is 2.55.